The fraction of sp³-hybridized carbons (Fsp3) is 0.412. The Bertz CT molecular complexity index is 563. The van der Waals surface area contributed by atoms with Crippen LogP contribution in [0.15, 0.2) is 40.8 Å². The van der Waals surface area contributed by atoms with E-state index >= 15 is 0 Å². The summed E-state index contributed by atoms with van der Waals surface area (Å²) < 4.78 is 10.9. The van der Waals surface area contributed by atoms with Crippen LogP contribution in [0.2, 0.25) is 0 Å². The summed E-state index contributed by atoms with van der Waals surface area (Å²) in [7, 11) is 5.87. The first kappa shape index (κ1) is 15.6. The predicted octanol–water partition coefficient (Wildman–Crippen LogP) is 2.99. The highest BCUT2D eigenvalue weighted by Crippen LogP contribution is 2.22. The van der Waals surface area contributed by atoms with Crippen LogP contribution >= 0.6 is 0 Å². The second-order valence-electron chi connectivity index (χ2n) is 5.40. The Balaban J connectivity index is 1.98. The molecule has 0 aliphatic carbocycles. The van der Waals surface area contributed by atoms with Crippen LogP contribution in [0.1, 0.15) is 23.1 Å². The summed E-state index contributed by atoms with van der Waals surface area (Å²) in [4.78, 5) is 2.20. The maximum Gasteiger partial charge on any atom is 0.119 e. The van der Waals surface area contributed by atoms with Crippen molar-refractivity contribution in [3.63, 3.8) is 0 Å². The molecule has 1 aromatic heterocycles. The first-order valence-electron chi connectivity index (χ1n) is 7.16. The summed E-state index contributed by atoms with van der Waals surface area (Å²) in [5.74, 6) is 2.81. The maximum absolute atomic E-state index is 5.57. The Hall–Kier alpha value is -1.78. The van der Waals surface area contributed by atoms with E-state index in [1.807, 2.05) is 31.2 Å². The molecule has 1 unspecified atom stereocenters. The van der Waals surface area contributed by atoms with Gasteiger partial charge in [-0.2, -0.15) is 0 Å². The lowest BCUT2D eigenvalue weighted by molar-refractivity contribution is 0.284. The van der Waals surface area contributed by atoms with E-state index in [-0.39, 0.29) is 6.04 Å². The molecule has 1 aromatic carbocycles. The van der Waals surface area contributed by atoms with Crippen molar-refractivity contribution < 1.29 is 9.15 Å². The van der Waals surface area contributed by atoms with E-state index < -0.39 is 0 Å². The number of methoxy groups -OCH3 is 1. The summed E-state index contributed by atoms with van der Waals surface area (Å²) in [5, 5.41) is 3.46. The maximum atomic E-state index is 5.57. The van der Waals surface area contributed by atoms with Gasteiger partial charge in [0.2, 0.25) is 0 Å². The first-order chi connectivity index (χ1) is 10.1. The highest BCUT2D eigenvalue weighted by molar-refractivity contribution is 5.30. The van der Waals surface area contributed by atoms with Crippen molar-refractivity contribution in [3.8, 4) is 5.75 Å². The van der Waals surface area contributed by atoms with Crippen LogP contribution in [0.25, 0.3) is 0 Å². The molecule has 4 heteroatoms. The Labute approximate surface area is 126 Å². The molecule has 2 rings (SSSR count). The topological polar surface area (TPSA) is 37.6 Å². The molecule has 21 heavy (non-hydrogen) atoms. The van der Waals surface area contributed by atoms with Gasteiger partial charge in [0.15, 0.2) is 0 Å². The largest absolute Gasteiger partial charge is 0.497 e. The van der Waals surface area contributed by atoms with Gasteiger partial charge in [0, 0.05) is 12.6 Å². The minimum absolute atomic E-state index is 0.288. The molecule has 114 valence electrons. The minimum Gasteiger partial charge on any atom is -0.497 e. The van der Waals surface area contributed by atoms with E-state index in [0.29, 0.717) is 0 Å². The highest BCUT2D eigenvalue weighted by Gasteiger charge is 2.14. The molecule has 1 atom stereocenters. The zero-order valence-electron chi connectivity index (χ0n) is 13.2. The van der Waals surface area contributed by atoms with E-state index in [0.717, 1.165) is 30.4 Å². The van der Waals surface area contributed by atoms with Gasteiger partial charge in [-0.25, -0.2) is 0 Å². The number of furan rings is 1. The van der Waals surface area contributed by atoms with Gasteiger partial charge >= 0.3 is 0 Å². The molecular weight excluding hydrogens is 264 g/mol. The third-order valence-electron chi connectivity index (χ3n) is 3.53. The van der Waals surface area contributed by atoms with Crippen LogP contribution in [0.4, 0.5) is 0 Å². The third-order valence-corrected chi connectivity index (χ3v) is 3.53. The zero-order valence-corrected chi connectivity index (χ0v) is 13.2. The standard InChI is InChI=1S/C17H24N2O2/c1-13-8-9-16(21-13)11-18-12-17(19(2)3)14-6-5-7-15(10-14)20-4/h5-10,17-18H,11-12H2,1-4H3. The van der Waals surface area contributed by atoms with Crippen molar-refractivity contribution in [1.29, 1.82) is 0 Å². The van der Waals surface area contributed by atoms with Crippen molar-refractivity contribution in [3.05, 3.63) is 53.5 Å². The van der Waals surface area contributed by atoms with Gasteiger partial charge in [-0.1, -0.05) is 12.1 Å². The highest BCUT2D eigenvalue weighted by atomic mass is 16.5. The minimum atomic E-state index is 0.288. The lowest BCUT2D eigenvalue weighted by atomic mass is 10.1. The smallest absolute Gasteiger partial charge is 0.119 e. The molecule has 0 saturated carbocycles. The lowest BCUT2D eigenvalue weighted by Gasteiger charge is -2.25. The number of ether oxygens (including phenoxy) is 1. The van der Waals surface area contributed by atoms with Gasteiger partial charge in [-0.05, 0) is 50.8 Å². The molecule has 1 heterocycles. The Kier molecular flexibility index (Phi) is 5.42. The normalized spacial score (nSPS) is 12.6. The van der Waals surface area contributed by atoms with Gasteiger partial charge < -0.3 is 19.4 Å². The van der Waals surface area contributed by atoms with Crippen LogP contribution in [-0.4, -0.2) is 32.6 Å². The van der Waals surface area contributed by atoms with Gasteiger partial charge in [-0.3, -0.25) is 0 Å². The van der Waals surface area contributed by atoms with Crippen LogP contribution in [0.3, 0.4) is 0 Å². The summed E-state index contributed by atoms with van der Waals surface area (Å²) in [6, 6.07) is 12.5. The third kappa shape index (κ3) is 4.34. The van der Waals surface area contributed by atoms with Crippen molar-refractivity contribution in [1.82, 2.24) is 10.2 Å². The number of likely N-dealkylation sites (N-methyl/N-ethyl adjacent to an activating group) is 1. The molecule has 0 amide bonds. The number of rotatable bonds is 7. The average molecular weight is 288 g/mol. The van der Waals surface area contributed by atoms with E-state index in [1.165, 1.54) is 5.56 Å². The quantitative estimate of drug-likeness (QED) is 0.850. The molecule has 0 saturated heterocycles. The van der Waals surface area contributed by atoms with E-state index in [9.17, 15) is 0 Å². The molecule has 2 aromatic rings. The van der Waals surface area contributed by atoms with Crippen LogP contribution in [-0.2, 0) is 6.54 Å². The molecule has 0 aliphatic rings. The number of nitrogens with one attached hydrogen (secondary N) is 1. The van der Waals surface area contributed by atoms with Crippen molar-refractivity contribution in [2.75, 3.05) is 27.7 Å². The second kappa shape index (κ2) is 7.29. The summed E-state index contributed by atoms with van der Waals surface area (Å²) in [5.41, 5.74) is 1.24. The number of nitrogens with zero attached hydrogens (tertiary/aromatic N) is 1. The SMILES string of the molecule is COc1cccc(C(CNCc2ccc(C)o2)N(C)C)c1. The predicted molar refractivity (Wildman–Crippen MR) is 84.6 cm³/mol. The molecule has 0 spiro atoms. The van der Waals surface area contributed by atoms with Crippen molar-refractivity contribution in [2.45, 2.75) is 19.5 Å². The van der Waals surface area contributed by atoms with Crippen LogP contribution < -0.4 is 10.1 Å². The molecule has 0 radical (unpaired) electrons. The number of aryl methyl sites for hydroxylation is 1. The zero-order chi connectivity index (χ0) is 15.2. The monoisotopic (exact) mass is 288 g/mol. The van der Waals surface area contributed by atoms with Crippen molar-refractivity contribution >= 4 is 0 Å². The van der Waals surface area contributed by atoms with Crippen LogP contribution in [0, 0.1) is 6.92 Å². The summed E-state index contributed by atoms with van der Waals surface area (Å²) in [6.45, 7) is 3.55. The Morgan fingerprint density at radius 2 is 2.05 bits per heavy atom. The van der Waals surface area contributed by atoms with Gasteiger partial charge in [0.1, 0.15) is 17.3 Å². The van der Waals surface area contributed by atoms with E-state index in [4.69, 9.17) is 9.15 Å². The van der Waals surface area contributed by atoms with E-state index in [1.54, 1.807) is 7.11 Å². The first-order valence-corrected chi connectivity index (χ1v) is 7.16. The molecule has 1 N–H and O–H groups in total. The molecular formula is C17H24N2O2. The molecule has 0 fully saturated rings. The summed E-state index contributed by atoms with van der Waals surface area (Å²) >= 11 is 0. The van der Waals surface area contributed by atoms with Gasteiger partial charge in [-0.15, -0.1) is 0 Å². The van der Waals surface area contributed by atoms with Crippen molar-refractivity contribution in [2.24, 2.45) is 0 Å². The fourth-order valence-corrected chi connectivity index (χ4v) is 2.36. The average Bonchev–Trinajstić information content (AvgIpc) is 2.89. The molecule has 0 bridgehead atoms. The molecule has 4 nitrogen and oxygen atoms in total. The fourth-order valence-electron chi connectivity index (χ4n) is 2.36. The number of hydrogen-bond acceptors (Lipinski definition) is 4. The van der Waals surface area contributed by atoms with Crippen LogP contribution in [0.5, 0.6) is 5.75 Å². The lowest BCUT2D eigenvalue weighted by Crippen LogP contribution is -2.30. The number of benzene rings is 1. The summed E-state index contributed by atoms with van der Waals surface area (Å²) in [6.07, 6.45) is 0. The van der Waals surface area contributed by atoms with E-state index in [2.05, 4.69) is 36.4 Å². The number of hydrogen-bond donors (Lipinski definition) is 1. The second-order valence-corrected chi connectivity index (χ2v) is 5.40. The molecule has 0 aliphatic heterocycles. The Morgan fingerprint density at radius 1 is 1.24 bits per heavy atom. The van der Waals surface area contributed by atoms with Gasteiger partial charge in [0.25, 0.3) is 0 Å². The Morgan fingerprint density at radius 3 is 2.67 bits per heavy atom. The van der Waals surface area contributed by atoms with Gasteiger partial charge in [0.05, 0.1) is 13.7 Å².